The standard InChI is InChI=1S/C20H21N3O6S/c1-29-19-8-7-17(15-18(19)23(25)26)20(24)21-10-12-22(13-11-21)30(27,28)14-9-16-5-3-2-4-6-16/h2-9,14-15H,10-13H2,1H3/b14-9+. The molecule has 10 heteroatoms. The summed E-state index contributed by atoms with van der Waals surface area (Å²) >= 11 is 0. The van der Waals surface area contributed by atoms with Crippen molar-refractivity contribution in [3.05, 3.63) is 75.2 Å². The first kappa shape index (κ1) is 21.5. The van der Waals surface area contributed by atoms with E-state index in [4.69, 9.17) is 4.74 Å². The van der Waals surface area contributed by atoms with Crippen LogP contribution in [0.2, 0.25) is 0 Å². The summed E-state index contributed by atoms with van der Waals surface area (Å²) in [5, 5.41) is 12.3. The minimum atomic E-state index is -3.61. The SMILES string of the molecule is COc1ccc(C(=O)N2CCN(S(=O)(=O)/C=C/c3ccccc3)CC2)cc1[N+](=O)[O-]. The van der Waals surface area contributed by atoms with E-state index >= 15 is 0 Å². The van der Waals surface area contributed by atoms with Gasteiger partial charge in [0.15, 0.2) is 5.75 Å². The van der Waals surface area contributed by atoms with E-state index in [2.05, 4.69) is 0 Å². The van der Waals surface area contributed by atoms with Crippen molar-refractivity contribution in [3.8, 4) is 5.75 Å². The van der Waals surface area contributed by atoms with Gasteiger partial charge in [0, 0.05) is 43.2 Å². The molecule has 1 heterocycles. The molecule has 1 saturated heterocycles. The number of nitro benzene ring substituents is 1. The molecule has 0 aliphatic carbocycles. The van der Waals surface area contributed by atoms with Crippen LogP contribution in [0.25, 0.3) is 6.08 Å². The van der Waals surface area contributed by atoms with Gasteiger partial charge in [0.05, 0.1) is 12.0 Å². The minimum absolute atomic E-state index is 0.0673. The lowest BCUT2D eigenvalue weighted by Crippen LogP contribution is -2.50. The Morgan fingerprint density at radius 1 is 1.10 bits per heavy atom. The molecule has 1 aliphatic heterocycles. The van der Waals surface area contributed by atoms with E-state index in [0.29, 0.717) is 0 Å². The fourth-order valence-electron chi connectivity index (χ4n) is 3.11. The Balaban J connectivity index is 1.66. The Hall–Kier alpha value is -3.24. The molecule has 0 spiro atoms. The monoisotopic (exact) mass is 431 g/mol. The number of carbonyl (C=O) groups is 1. The van der Waals surface area contributed by atoms with Gasteiger partial charge in [-0.05, 0) is 23.8 Å². The first-order valence-corrected chi connectivity index (χ1v) is 10.7. The summed E-state index contributed by atoms with van der Waals surface area (Å²) in [7, 11) is -2.30. The Morgan fingerprint density at radius 2 is 1.77 bits per heavy atom. The maximum absolute atomic E-state index is 12.7. The molecule has 2 aromatic rings. The molecule has 0 bridgehead atoms. The van der Waals surface area contributed by atoms with E-state index in [1.807, 2.05) is 18.2 Å². The molecule has 2 aromatic carbocycles. The smallest absolute Gasteiger partial charge is 0.311 e. The molecule has 0 radical (unpaired) electrons. The molecule has 1 fully saturated rings. The highest BCUT2D eigenvalue weighted by atomic mass is 32.2. The average molecular weight is 431 g/mol. The first-order valence-electron chi connectivity index (χ1n) is 9.17. The van der Waals surface area contributed by atoms with Gasteiger partial charge in [0.2, 0.25) is 10.0 Å². The number of carbonyl (C=O) groups excluding carboxylic acids is 1. The van der Waals surface area contributed by atoms with Crippen molar-refractivity contribution in [2.75, 3.05) is 33.3 Å². The number of benzene rings is 2. The van der Waals surface area contributed by atoms with E-state index in [9.17, 15) is 23.3 Å². The number of hydrogen-bond acceptors (Lipinski definition) is 6. The van der Waals surface area contributed by atoms with E-state index in [1.54, 1.807) is 12.1 Å². The highest BCUT2D eigenvalue weighted by Crippen LogP contribution is 2.28. The Kier molecular flexibility index (Phi) is 6.48. The highest BCUT2D eigenvalue weighted by Gasteiger charge is 2.29. The predicted molar refractivity (Wildman–Crippen MR) is 112 cm³/mol. The van der Waals surface area contributed by atoms with Gasteiger partial charge >= 0.3 is 5.69 Å². The molecule has 3 rings (SSSR count). The van der Waals surface area contributed by atoms with Crippen LogP contribution in [0, 0.1) is 10.1 Å². The number of hydrogen-bond donors (Lipinski definition) is 0. The number of nitro groups is 1. The zero-order valence-corrected chi connectivity index (χ0v) is 17.1. The second-order valence-corrected chi connectivity index (χ2v) is 8.41. The number of ether oxygens (including phenoxy) is 1. The van der Waals surface area contributed by atoms with Gasteiger partial charge in [-0.15, -0.1) is 0 Å². The van der Waals surface area contributed by atoms with E-state index in [1.165, 1.54) is 40.6 Å². The summed E-state index contributed by atoms with van der Waals surface area (Å²) in [6.45, 7) is 0.672. The summed E-state index contributed by atoms with van der Waals surface area (Å²) in [6, 6.07) is 13.1. The zero-order chi connectivity index (χ0) is 21.7. The third-order valence-corrected chi connectivity index (χ3v) is 6.31. The summed E-state index contributed by atoms with van der Waals surface area (Å²) in [5.41, 5.74) is 0.634. The number of sulfonamides is 1. The van der Waals surface area contributed by atoms with Gasteiger partial charge in [-0.2, -0.15) is 4.31 Å². The summed E-state index contributed by atoms with van der Waals surface area (Å²) in [6.07, 6.45) is 1.53. The van der Waals surface area contributed by atoms with Crippen LogP contribution in [0.4, 0.5) is 5.69 Å². The molecule has 0 atom stereocenters. The molecule has 0 N–H and O–H groups in total. The first-order chi connectivity index (χ1) is 14.3. The number of nitrogens with zero attached hydrogens (tertiary/aromatic N) is 3. The summed E-state index contributed by atoms with van der Waals surface area (Å²) in [5.74, 6) is -0.324. The predicted octanol–water partition coefficient (Wildman–Crippen LogP) is 2.36. The Labute approximate surface area is 174 Å². The topological polar surface area (TPSA) is 110 Å². The van der Waals surface area contributed by atoms with Gasteiger partial charge in [-0.25, -0.2) is 8.42 Å². The lowest BCUT2D eigenvalue weighted by Gasteiger charge is -2.33. The third-order valence-electron chi connectivity index (χ3n) is 4.74. The normalized spacial score (nSPS) is 15.3. The van der Waals surface area contributed by atoms with Crippen LogP contribution in [-0.2, 0) is 10.0 Å². The van der Waals surface area contributed by atoms with Gasteiger partial charge < -0.3 is 9.64 Å². The average Bonchev–Trinajstić information content (AvgIpc) is 2.77. The van der Waals surface area contributed by atoms with Crippen LogP contribution in [0.15, 0.2) is 53.9 Å². The quantitative estimate of drug-likeness (QED) is 0.513. The minimum Gasteiger partial charge on any atom is -0.490 e. The fraction of sp³-hybridized carbons (Fsp3) is 0.250. The summed E-state index contributed by atoms with van der Waals surface area (Å²) in [4.78, 5) is 24.8. The van der Waals surface area contributed by atoms with E-state index in [0.717, 1.165) is 11.0 Å². The molecule has 0 unspecified atom stereocenters. The van der Waals surface area contributed by atoms with Gasteiger partial charge in [-0.1, -0.05) is 30.3 Å². The fourth-order valence-corrected chi connectivity index (χ4v) is 4.28. The van der Waals surface area contributed by atoms with Crippen LogP contribution in [0.1, 0.15) is 15.9 Å². The molecule has 158 valence electrons. The zero-order valence-electron chi connectivity index (χ0n) is 16.3. The largest absolute Gasteiger partial charge is 0.490 e. The van der Waals surface area contributed by atoms with Crippen molar-refractivity contribution in [3.63, 3.8) is 0 Å². The molecular formula is C20H21N3O6S. The second-order valence-electron chi connectivity index (χ2n) is 6.59. The van der Waals surface area contributed by atoms with Gasteiger partial charge in [0.1, 0.15) is 0 Å². The third kappa shape index (κ3) is 4.84. The maximum Gasteiger partial charge on any atom is 0.311 e. The second kappa shape index (κ2) is 9.06. The van der Waals surface area contributed by atoms with E-state index < -0.39 is 20.9 Å². The lowest BCUT2D eigenvalue weighted by atomic mass is 10.1. The van der Waals surface area contributed by atoms with Crippen LogP contribution in [-0.4, -0.2) is 61.7 Å². The van der Waals surface area contributed by atoms with Gasteiger partial charge in [0.25, 0.3) is 5.91 Å². The van der Waals surface area contributed by atoms with Crippen molar-refractivity contribution < 1.29 is 22.9 Å². The molecule has 0 saturated carbocycles. The highest BCUT2D eigenvalue weighted by molar-refractivity contribution is 7.92. The summed E-state index contributed by atoms with van der Waals surface area (Å²) < 4.78 is 31.3. The van der Waals surface area contributed by atoms with E-state index in [-0.39, 0.29) is 43.2 Å². The molecule has 1 aliphatic rings. The van der Waals surface area contributed by atoms with Gasteiger partial charge in [-0.3, -0.25) is 14.9 Å². The molecular weight excluding hydrogens is 410 g/mol. The molecule has 1 amide bonds. The van der Waals surface area contributed by atoms with Crippen LogP contribution < -0.4 is 4.74 Å². The van der Waals surface area contributed by atoms with Crippen molar-refractivity contribution in [2.45, 2.75) is 0 Å². The number of rotatable bonds is 6. The lowest BCUT2D eigenvalue weighted by molar-refractivity contribution is -0.385. The molecule has 30 heavy (non-hydrogen) atoms. The molecule has 0 aromatic heterocycles. The molecule has 9 nitrogen and oxygen atoms in total. The van der Waals surface area contributed by atoms with Crippen LogP contribution in [0.5, 0.6) is 5.75 Å². The number of piperazine rings is 1. The number of amides is 1. The van der Waals surface area contributed by atoms with Crippen molar-refractivity contribution in [1.29, 1.82) is 0 Å². The van der Waals surface area contributed by atoms with Crippen molar-refractivity contribution >= 4 is 27.7 Å². The number of methoxy groups -OCH3 is 1. The van der Waals surface area contributed by atoms with Crippen LogP contribution in [0.3, 0.4) is 0 Å². The Morgan fingerprint density at radius 3 is 2.37 bits per heavy atom. The van der Waals surface area contributed by atoms with Crippen LogP contribution >= 0.6 is 0 Å². The maximum atomic E-state index is 12.7. The Bertz CT molecular complexity index is 1060. The van der Waals surface area contributed by atoms with Crippen molar-refractivity contribution in [1.82, 2.24) is 9.21 Å². The van der Waals surface area contributed by atoms with Crippen molar-refractivity contribution in [2.24, 2.45) is 0 Å².